The van der Waals surface area contributed by atoms with Gasteiger partial charge < -0.3 is 19.2 Å². The number of aryl methyl sites for hydroxylation is 1. The first-order valence-corrected chi connectivity index (χ1v) is 17.7. The topological polar surface area (TPSA) is 179 Å². The Morgan fingerprint density at radius 3 is 2.23 bits per heavy atom. The van der Waals surface area contributed by atoms with Gasteiger partial charge in [0.2, 0.25) is 22.7 Å². The van der Waals surface area contributed by atoms with Crippen molar-refractivity contribution < 1.29 is 33.1 Å². The van der Waals surface area contributed by atoms with Crippen LogP contribution in [0.25, 0.3) is 10.9 Å². The fourth-order valence-corrected chi connectivity index (χ4v) is 7.28. The number of nitrogens with zero attached hydrogens (tertiary/aromatic N) is 5. The van der Waals surface area contributed by atoms with Crippen LogP contribution < -0.4 is 20.1 Å². The number of hydrogen-bond acceptors (Lipinski definition) is 13. The molecule has 15 heteroatoms. The molecule has 1 atom stereocenters. The number of carbonyl (C=O) groups excluding carboxylic acids is 4. The molecule has 5 aromatic rings. The first-order valence-electron chi connectivity index (χ1n) is 16.8. The van der Waals surface area contributed by atoms with E-state index in [0.29, 0.717) is 33.4 Å². The number of ether oxygens (including phenoxy) is 2. The van der Waals surface area contributed by atoms with E-state index in [1.165, 1.54) is 11.3 Å². The Kier molecular flexibility index (Phi) is 8.29. The minimum absolute atomic E-state index is 0.0322. The van der Waals surface area contributed by atoms with Crippen molar-refractivity contribution in [1.29, 1.82) is 0 Å². The molecule has 8 rings (SSSR count). The monoisotopic (exact) mass is 719 g/mol. The molecule has 2 aliphatic heterocycles. The van der Waals surface area contributed by atoms with Gasteiger partial charge in [0.15, 0.2) is 0 Å². The number of carbonyl (C=O) groups is 4. The Hall–Kier alpha value is -5.96. The fourth-order valence-electron chi connectivity index (χ4n) is 6.65. The number of rotatable bonds is 10. The summed E-state index contributed by atoms with van der Waals surface area (Å²) in [6, 6.07) is 20.2. The van der Waals surface area contributed by atoms with Gasteiger partial charge in [0.05, 0.1) is 11.1 Å². The van der Waals surface area contributed by atoms with Crippen molar-refractivity contribution in [2.75, 3.05) is 5.32 Å². The minimum Gasteiger partial charge on any atom is -0.490 e. The third-order valence-corrected chi connectivity index (χ3v) is 10.5. The number of piperidine rings is 1. The van der Waals surface area contributed by atoms with E-state index >= 15 is 0 Å². The zero-order valence-corrected chi connectivity index (χ0v) is 29.2. The van der Waals surface area contributed by atoms with Crippen LogP contribution in [0, 0.1) is 6.92 Å². The van der Waals surface area contributed by atoms with Gasteiger partial charge in [0.1, 0.15) is 23.6 Å². The Morgan fingerprint density at radius 2 is 1.56 bits per heavy atom. The van der Waals surface area contributed by atoms with Crippen molar-refractivity contribution in [1.82, 2.24) is 30.6 Å². The molecule has 52 heavy (non-hydrogen) atoms. The van der Waals surface area contributed by atoms with E-state index in [4.69, 9.17) is 13.9 Å². The SMILES string of the molecule is Cc1nnc(-c2nnc(Oc3ccc(C(C)(C)c4ccc(O[C@H]5C[C@H](Nc6ccc7c(c6)C(=O)N(C6CCC(=O)NC6=O)C7=O)C5)cc4)cc3)s2)o1. The summed E-state index contributed by atoms with van der Waals surface area (Å²) in [5.74, 6) is 0.105. The normalized spacial score (nSPS) is 20.0. The molecule has 1 unspecified atom stereocenters. The van der Waals surface area contributed by atoms with Gasteiger partial charge in [-0.25, -0.2) is 0 Å². The second-order valence-electron chi connectivity index (χ2n) is 13.5. The van der Waals surface area contributed by atoms with E-state index in [2.05, 4.69) is 57.0 Å². The quantitative estimate of drug-likeness (QED) is 0.175. The molecular formula is C37H33N7O7S. The highest BCUT2D eigenvalue weighted by atomic mass is 32.1. The highest BCUT2D eigenvalue weighted by Gasteiger charge is 2.45. The highest BCUT2D eigenvalue weighted by Crippen LogP contribution is 2.37. The van der Waals surface area contributed by atoms with E-state index in [1.54, 1.807) is 25.1 Å². The van der Waals surface area contributed by atoms with E-state index in [0.717, 1.165) is 34.6 Å². The summed E-state index contributed by atoms with van der Waals surface area (Å²) in [4.78, 5) is 51.0. The minimum atomic E-state index is -0.990. The second-order valence-corrected chi connectivity index (χ2v) is 14.5. The summed E-state index contributed by atoms with van der Waals surface area (Å²) >= 11 is 1.22. The Morgan fingerprint density at radius 1 is 0.865 bits per heavy atom. The van der Waals surface area contributed by atoms with Gasteiger partial charge in [-0.05, 0) is 71.3 Å². The maximum Gasteiger partial charge on any atom is 0.300 e. The molecule has 264 valence electrons. The third kappa shape index (κ3) is 6.27. The number of imide groups is 2. The molecule has 3 aliphatic rings. The third-order valence-electron chi connectivity index (χ3n) is 9.68. The van der Waals surface area contributed by atoms with Crippen molar-refractivity contribution in [2.24, 2.45) is 0 Å². The van der Waals surface area contributed by atoms with E-state index in [9.17, 15) is 19.2 Å². The Labute approximate surface area is 301 Å². The number of amides is 4. The highest BCUT2D eigenvalue weighted by molar-refractivity contribution is 7.16. The summed E-state index contributed by atoms with van der Waals surface area (Å²) < 4.78 is 17.6. The fraction of sp³-hybridized carbons (Fsp3) is 0.297. The standard InChI is InChI=1S/C37H33N7O7S/c1-19-40-41-32(49-19)33-42-43-36(52-33)51-25-11-6-21(7-12-25)37(2,3)20-4-9-24(10-5-20)50-26-16-23(17-26)38-22-8-13-27-28(18-22)35(48)44(34(27)47)29-14-15-30(45)39-31(29)46/h4-13,18,23,26,29,38H,14-17H2,1-3H3,(H,39,45,46)/t23-,26-,29?. The molecule has 2 fully saturated rings. The molecule has 14 nitrogen and oxygen atoms in total. The lowest BCUT2D eigenvalue weighted by Crippen LogP contribution is -2.54. The van der Waals surface area contributed by atoms with Crippen LogP contribution in [0.3, 0.4) is 0 Å². The van der Waals surface area contributed by atoms with Crippen molar-refractivity contribution in [3.05, 3.63) is 94.9 Å². The molecule has 2 N–H and O–H groups in total. The average Bonchev–Trinajstić information content (AvgIpc) is 3.82. The van der Waals surface area contributed by atoms with Crippen LogP contribution >= 0.6 is 11.3 Å². The van der Waals surface area contributed by atoms with Crippen LogP contribution in [0.1, 0.15) is 77.3 Å². The van der Waals surface area contributed by atoms with Crippen molar-refractivity contribution in [3.63, 3.8) is 0 Å². The van der Waals surface area contributed by atoms with E-state index in [1.807, 2.05) is 36.4 Å². The first kappa shape index (κ1) is 33.2. The van der Waals surface area contributed by atoms with E-state index < -0.39 is 29.7 Å². The molecule has 4 heterocycles. The van der Waals surface area contributed by atoms with Crippen LogP contribution in [-0.4, -0.2) is 67.1 Å². The summed E-state index contributed by atoms with van der Waals surface area (Å²) in [6.07, 6.45) is 1.76. The molecule has 0 bridgehead atoms. The number of fused-ring (bicyclic) bond motifs is 1. The van der Waals surface area contributed by atoms with Gasteiger partial charge in [-0.15, -0.1) is 15.3 Å². The molecular weight excluding hydrogens is 687 g/mol. The maximum atomic E-state index is 13.2. The van der Waals surface area contributed by atoms with Gasteiger partial charge in [-0.3, -0.25) is 29.4 Å². The summed E-state index contributed by atoms with van der Waals surface area (Å²) in [5.41, 5.74) is 3.18. The molecule has 4 amide bonds. The number of nitrogens with one attached hydrogen (secondary N) is 2. The predicted molar refractivity (Wildman–Crippen MR) is 187 cm³/mol. The van der Waals surface area contributed by atoms with Crippen molar-refractivity contribution >= 4 is 40.7 Å². The zero-order valence-electron chi connectivity index (χ0n) is 28.4. The lowest BCUT2D eigenvalue weighted by Gasteiger charge is -2.36. The summed E-state index contributed by atoms with van der Waals surface area (Å²) in [5, 5.41) is 22.5. The number of benzene rings is 3. The first-order chi connectivity index (χ1) is 25.0. The van der Waals surface area contributed by atoms with Crippen LogP contribution in [0.15, 0.2) is 71.1 Å². The second kappa shape index (κ2) is 13.0. The van der Waals surface area contributed by atoms with Crippen molar-refractivity contribution in [3.8, 4) is 27.6 Å². The molecule has 0 radical (unpaired) electrons. The molecule has 1 saturated carbocycles. The summed E-state index contributed by atoms with van der Waals surface area (Å²) in [6.45, 7) is 6.04. The van der Waals surface area contributed by atoms with Crippen LogP contribution in [0.5, 0.6) is 16.7 Å². The van der Waals surface area contributed by atoms with Gasteiger partial charge in [0, 0.05) is 43.3 Å². The molecule has 0 spiro atoms. The Bertz CT molecular complexity index is 2210. The number of aromatic nitrogens is 4. The van der Waals surface area contributed by atoms with Gasteiger partial charge >= 0.3 is 0 Å². The number of anilines is 1. The smallest absolute Gasteiger partial charge is 0.300 e. The van der Waals surface area contributed by atoms with E-state index in [-0.39, 0.29) is 41.5 Å². The molecule has 3 aromatic carbocycles. The van der Waals surface area contributed by atoms with Crippen molar-refractivity contribution in [2.45, 2.75) is 70.1 Å². The zero-order chi connectivity index (χ0) is 36.1. The summed E-state index contributed by atoms with van der Waals surface area (Å²) in [7, 11) is 0. The Balaban J connectivity index is 0.834. The molecule has 1 aliphatic carbocycles. The molecule has 1 saturated heterocycles. The predicted octanol–water partition coefficient (Wildman–Crippen LogP) is 5.44. The van der Waals surface area contributed by atoms with Gasteiger partial charge in [-0.1, -0.05) is 43.2 Å². The van der Waals surface area contributed by atoms with Crippen LogP contribution in [0.4, 0.5) is 5.69 Å². The average molecular weight is 720 g/mol. The molecule has 2 aromatic heterocycles. The van der Waals surface area contributed by atoms with Crippen LogP contribution in [-0.2, 0) is 15.0 Å². The largest absolute Gasteiger partial charge is 0.490 e. The van der Waals surface area contributed by atoms with Gasteiger partial charge in [-0.2, -0.15) is 0 Å². The lowest BCUT2D eigenvalue weighted by molar-refractivity contribution is -0.136. The van der Waals surface area contributed by atoms with Gasteiger partial charge in [0.25, 0.3) is 22.9 Å². The maximum absolute atomic E-state index is 13.2. The number of hydrogen-bond donors (Lipinski definition) is 2. The van der Waals surface area contributed by atoms with Crippen LogP contribution in [0.2, 0.25) is 0 Å². The lowest BCUT2D eigenvalue weighted by atomic mass is 9.78.